The van der Waals surface area contributed by atoms with Gasteiger partial charge in [-0.2, -0.15) is 102 Å². The van der Waals surface area contributed by atoms with Crippen LogP contribution in [0.5, 0.6) is 11.5 Å². The van der Waals surface area contributed by atoms with Gasteiger partial charge in [0.05, 0.1) is 11.4 Å². The summed E-state index contributed by atoms with van der Waals surface area (Å²) in [5, 5.41) is 23.9. The molecule has 20 rings (SSSR count). The summed E-state index contributed by atoms with van der Waals surface area (Å²) >= 11 is 0. The summed E-state index contributed by atoms with van der Waals surface area (Å²) in [5.41, 5.74) is 30.2. The van der Waals surface area contributed by atoms with E-state index in [1.165, 1.54) is 88.6 Å². The third kappa shape index (κ3) is 28.5. The number of hydrogen-bond acceptors (Lipinski definition) is 8. The van der Waals surface area contributed by atoms with E-state index in [0.29, 0.717) is 0 Å². The standard InChI is InChI=1S/C46H42N2.C46H36N2.C17H12NO.C15H11N2O.3Pt/c2*1-4-10-41(11-5-1)42-26-22-35(23-27-42)16-19-38-30-39(20-17-36-24-28-45(47-33-36)43-12-6-2-7-13-43)32-40(31-38)21-18-37-25-29-46(48-34-37)44-14-8-3-9-15-44;19-17-12-5-4-9-14(17)16-11-6-10-15(18-16)13-7-2-1-3-8-13;18-15-8-2-1-7-14(15)12-5-3-6-13(11-12)17-10-4-9-16-17;;;/h1-10,12,14,22-26,28-29,33-34,38-40H,16-21,30-32H2;1-10,12,14,22-26,28-34H,16-21H2;1-7,9-12,19H;1-10,18H;;;/q2*-4;2*-1;+2;2*+4. The number of aryl methyl sites for hydroxylation is 9. The molecule has 6 heterocycles. The summed E-state index contributed by atoms with van der Waals surface area (Å²) in [6.07, 6.45) is 28.5. The van der Waals surface area contributed by atoms with Gasteiger partial charge in [-0.05, 0) is 198 Å². The zero-order valence-corrected chi connectivity index (χ0v) is 82.2. The summed E-state index contributed by atoms with van der Waals surface area (Å²) in [5.74, 6) is 2.73. The first-order valence-electron chi connectivity index (χ1n) is 46.0. The molecule has 1 fully saturated rings. The molecule has 0 amide bonds. The van der Waals surface area contributed by atoms with Gasteiger partial charge in [0.2, 0.25) is 0 Å². The molecule has 2 unspecified atom stereocenters. The van der Waals surface area contributed by atoms with Crippen LogP contribution < -0.4 is 0 Å². The fraction of sp³-hybridized carbons (Fsp3) is 0.145. The molecule has 2 atom stereocenters. The number of aromatic nitrogens is 7. The molecule has 136 heavy (non-hydrogen) atoms. The van der Waals surface area contributed by atoms with Crippen molar-refractivity contribution in [3.8, 4) is 118 Å². The van der Waals surface area contributed by atoms with Gasteiger partial charge in [0.25, 0.3) is 0 Å². The van der Waals surface area contributed by atoms with Gasteiger partial charge < -0.3 is 30.1 Å². The fourth-order valence-electron chi connectivity index (χ4n) is 17.3. The minimum Gasteiger partial charge on any atom is -0.517 e. The molecule has 0 radical (unpaired) electrons. The van der Waals surface area contributed by atoms with Gasteiger partial charge in [-0.1, -0.05) is 134 Å². The number of hydrogen-bond donors (Lipinski definition) is 2. The van der Waals surface area contributed by atoms with Crippen molar-refractivity contribution in [2.24, 2.45) is 17.8 Å². The van der Waals surface area contributed by atoms with Crippen molar-refractivity contribution in [1.82, 2.24) is 34.7 Å². The second-order valence-corrected chi connectivity index (χ2v) is 33.8. The summed E-state index contributed by atoms with van der Waals surface area (Å²) in [6, 6.07) is 155. The molecular weight excluding hydrogens is 2200 g/mol. The minimum atomic E-state index is 0. The first kappa shape index (κ1) is 98.5. The number of nitrogens with zero attached hydrogens (tertiary/aromatic N) is 7. The van der Waals surface area contributed by atoms with E-state index in [1.54, 1.807) is 35.1 Å². The minimum absolute atomic E-state index is 0. The maximum Gasteiger partial charge on any atom is 4.00 e. The average molecular weight is 2310 g/mol. The largest absolute Gasteiger partial charge is 4.00 e. The van der Waals surface area contributed by atoms with Crippen molar-refractivity contribution in [1.29, 1.82) is 0 Å². The molecule has 6 aromatic heterocycles. The molecule has 2 N–H and O–H groups in total. The summed E-state index contributed by atoms with van der Waals surface area (Å²) < 4.78 is 1.74. The maximum atomic E-state index is 9.88. The smallest absolute Gasteiger partial charge is 0.517 e. The summed E-state index contributed by atoms with van der Waals surface area (Å²) in [6.45, 7) is 0. The van der Waals surface area contributed by atoms with Crippen molar-refractivity contribution in [2.45, 2.75) is 96.3 Å². The van der Waals surface area contributed by atoms with E-state index in [2.05, 4.69) is 229 Å². The van der Waals surface area contributed by atoms with Gasteiger partial charge in [0, 0.05) is 42.7 Å². The van der Waals surface area contributed by atoms with Crippen LogP contribution in [0.25, 0.3) is 107 Å². The van der Waals surface area contributed by atoms with Crippen molar-refractivity contribution < 1.29 is 73.4 Å². The van der Waals surface area contributed by atoms with Crippen molar-refractivity contribution in [3.05, 3.63) is 512 Å². The SMILES string of the molecule is Oc1ccccc1-c1[c-]c(-n2cccn2)ccc1.Oc1ccccc1-c1cccc(-c2[c-]cccc2)n1.[Pt+2].[Pt+4].[Pt+4].[c-]1ccccc1-c1[c-]cc(CCC2CC(CCc3ccc(-c4[c-]cccc4)nc3)CC(CCc3ccc(-c4[c-]cccc4)nc3)C2)cc1.[c-]1ccccc1-c1[c-]cc(CCc2cc(CCc3ccc(-c4[c-]cccc4)nc3)cc(CCc3ccc(-c4[c-]cccc4)nc3)c2)cc1. The monoisotopic (exact) mass is 2300 g/mol. The summed E-state index contributed by atoms with van der Waals surface area (Å²) in [7, 11) is 0. The molecule has 1 saturated carbocycles. The van der Waals surface area contributed by atoms with E-state index in [-0.39, 0.29) is 74.7 Å². The van der Waals surface area contributed by atoms with Crippen molar-refractivity contribution in [3.63, 3.8) is 0 Å². The molecular formula is C124H101N7O2Pt3. The molecule has 0 spiro atoms. The Bertz CT molecular complexity index is 6280. The van der Waals surface area contributed by atoms with Crippen LogP contribution in [0.4, 0.5) is 0 Å². The van der Waals surface area contributed by atoms with E-state index >= 15 is 0 Å². The molecule has 1 aliphatic rings. The first-order valence-corrected chi connectivity index (χ1v) is 46.0. The molecule has 13 aromatic carbocycles. The maximum absolute atomic E-state index is 9.88. The van der Waals surface area contributed by atoms with Crippen LogP contribution in [0.2, 0.25) is 0 Å². The number of phenolic OH excluding ortho intramolecular Hbond substituents is 2. The van der Waals surface area contributed by atoms with Gasteiger partial charge in [0.1, 0.15) is 5.75 Å². The number of para-hydroxylation sites is 2. The molecule has 674 valence electrons. The van der Waals surface area contributed by atoms with Crippen molar-refractivity contribution >= 4 is 0 Å². The molecule has 9 nitrogen and oxygen atoms in total. The van der Waals surface area contributed by atoms with Gasteiger partial charge in [-0.25, -0.2) is 22.3 Å². The van der Waals surface area contributed by atoms with Gasteiger partial charge in [-0.15, -0.1) is 233 Å². The normalized spacial score (nSPS) is 12.9. The Labute approximate surface area is 844 Å². The van der Waals surface area contributed by atoms with Crippen LogP contribution in [0.15, 0.2) is 401 Å². The Morgan fingerprint density at radius 2 is 0.581 bits per heavy atom. The number of aromatic hydroxyl groups is 2. The van der Waals surface area contributed by atoms with Gasteiger partial charge >= 0.3 is 63.2 Å². The quantitative estimate of drug-likeness (QED) is 0.0465. The molecule has 12 heteroatoms. The fourth-order valence-corrected chi connectivity index (χ4v) is 17.3. The predicted molar refractivity (Wildman–Crippen MR) is 536 cm³/mol. The Balaban J connectivity index is 0.000000157. The van der Waals surface area contributed by atoms with Crippen LogP contribution in [0.1, 0.15) is 88.6 Å². The second kappa shape index (κ2) is 51.3. The van der Waals surface area contributed by atoms with Crippen LogP contribution in [-0.2, 0) is 121 Å². The number of pyridine rings is 5. The number of phenols is 2. The zero-order chi connectivity index (χ0) is 90.2. The third-order valence-corrected chi connectivity index (χ3v) is 24.4. The molecule has 0 saturated heterocycles. The predicted octanol–water partition coefficient (Wildman–Crippen LogP) is 27.9. The van der Waals surface area contributed by atoms with E-state index in [0.717, 1.165) is 182 Å². The molecule has 1 aliphatic carbocycles. The molecule has 0 aliphatic heterocycles. The van der Waals surface area contributed by atoms with Crippen molar-refractivity contribution in [2.75, 3.05) is 0 Å². The van der Waals surface area contributed by atoms with Crippen LogP contribution in [0, 0.1) is 78.4 Å². The number of rotatable bonds is 28. The van der Waals surface area contributed by atoms with Gasteiger partial charge in [0.15, 0.2) is 0 Å². The van der Waals surface area contributed by atoms with E-state index in [1.807, 2.05) is 213 Å². The Morgan fingerprint density at radius 1 is 0.265 bits per heavy atom. The van der Waals surface area contributed by atoms with Gasteiger partial charge in [-0.3, -0.25) is 9.67 Å². The van der Waals surface area contributed by atoms with Crippen LogP contribution >= 0.6 is 0 Å². The molecule has 19 aromatic rings. The number of benzene rings is 13. The van der Waals surface area contributed by atoms with E-state index in [4.69, 9.17) is 19.9 Å². The Morgan fingerprint density at radius 3 is 0.941 bits per heavy atom. The Kier molecular flexibility index (Phi) is 37.1. The zero-order valence-electron chi connectivity index (χ0n) is 75.4. The molecule has 0 bridgehead atoms. The third-order valence-electron chi connectivity index (χ3n) is 24.4. The van der Waals surface area contributed by atoms with Crippen LogP contribution in [0.3, 0.4) is 0 Å². The topological polar surface area (TPSA) is 123 Å². The van der Waals surface area contributed by atoms with E-state index in [9.17, 15) is 10.2 Å². The van der Waals surface area contributed by atoms with Crippen LogP contribution in [-0.4, -0.2) is 44.9 Å². The second-order valence-electron chi connectivity index (χ2n) is 33.8. The van der Waals surface area contributed by atoms with E-state index < -0.39 is 0 Å². The first-order chi connectivity index (χ1) is 65.7. The Hall–Kier alpha value is -13.5. The average Bonchev–Trinajstić information content (AvgIpc) is 1.64. The summed E-state index contributed by atoms with van der Waals surface area (Å²) in [4.78, 5) is 23.6.